The van der Waals surface area contributed by atoms with E-state index in [0.29, 0.717) is 0 Å². The molecule has 0 atom stereocenters. The molecule has 0 aliphatic heterocycles. The van der Waals surface area contributed by atoms with Gasteiger partial charge in [0.1, 0.15) is 5.75 Å². The summed E-state index contributed by atoms with van der Waals surface area (Å²) in [6.45, 7) is 0. The highest BCUT2D eigenvalue weighted by molar-refractivity contribution is 6.06. The molecule has 7 nitrogen and oxygen atoms in total. The fraction of sp³-hybridized carbons (Fsp3) is 0. The molecule has 2 rings (SSSR count). The minimum atomic E-state index is -1.49. The monoisotopic (exact) mass is 295 g/mol. The number of pyridine rings is 1. The summed E-state index contributed by atoms with van der Waals surface area (Å²) in [5.41, 5.74) is -1.79. The van der Waals surface area contributed by atoms with Crippen LogP contribution < -0.4 is 5.32 Å². The van der Waals surface area contributed by atoms with Crippen LogP contribution in [0.25, 0.3) is 0 Å². The van der Waals surface area contributed by atoms with E-state index in [-0.39, 0.29) is 0 Å². The number of para-hydroxylation sites is 1. The Balaban J connectivity index is 2.41. The summed E-state index contributed by atoms with van der Waals surface area (Å²) in [5, 5.41) is 22.4. The predicted molar refractivity (Wildman–Crippen MR) is 66.9 cm³/mol. The van der Waals surface area contributed by atoms with Crippen molar-refractivity contribution in [1.29, 1.82) is 0 Å². The number of hydrogen-bond donors (Lipinski definition) is 2. The number of carbonyl (C=O) groups excluding carboxylic acids is 1. The first kappa shape index (κ1) is 14.3. The number of phenolic OH excluding ortho intramolecular Hbond substituents is 1. The maximum atomic E-state index is 13.4. The molecule has 0 aliphatic carbocycles. The van der Waals surface area contributed by atoms with Crippen LogP contribution in [0.15, 0.2) is 30.5 Å². The Morgan fingerprint density at radius 3 is 2.71 bits per heavy atom. The van der Waals surface area contributed by atoms with Crippen molar-refractivity contribution in [3.63, 3.8) is 0 Å². The van der Waals surface area contributed by atoms with E-state index in [1.54, 1.807) is 0 Å². The van der Waals surface area contributed by atoms with Crippen LogP contribution in [0.4, 0.5) is 20.2 Å². The van der Waals surface area contributed by atoms with E-state index >= 15 is 0 Å². The lowest BCUT2D eigenvalue weighted by Crippen LogP contribution is -2.16. The van der Waals surface area contributed by atoms with E-state index in [4.69, 9.17) is 0 Å². The van der Waals surface area contributed by atoms with Crippen LogP contribution in [-0.2, 0) is 0 Å². The van der Waals surface area contributed by atoms with Gasteiger partial charge in [0.15, 0.2) is 11.5 Å². The Kier molecular flexibility index (Phi) is 3.74. The molecule has 2 N–H and O–H groups in total. The van der Waals surface area contributed by atoms with Crippen molar-refractivity contribution in [2.24, 2.45) is 0 Å². The maximum absolute atomic E-state index is 13.4. The molecule has 1 aromatic heterocycles. The van der Waals surface area contributed by atoms with Crippen LogP contribution in [0.1, 0.15) is 10.4 Å². The van der Waals surface area contributed by atoms with Gasteiger partial charge in [-0.05, 0) is 12.1 Å². The quantitative estimate of drug-likeness (QED) is 0.391. The highest BCUT2D eigenvalue weighted by Gasteiger charge is 2.22. The summed E-state index contributed by atoms with van der Waals surface area (Å²) in [6.07, 6.45) is 0.868. The molecule has 0 spiro atoms. The van der Waals surface area contributed by atoms with Crippen LogP contribution >= 0.6 is 0 Å². The van der Waals surface area contributed by atoms with Crippen molar-refractivity contribution < 1.29 is 23.6 Å². The predicted octanol–water partition coefficient (Wildman–Crippen LogP) is 2.23. The molecule has 0 saturated carbocycles. The Morgan fingerprint density at radius 1 is 1.33 bits per heavy atom. The summed E-state index contributed by atoms with van der Waals surface area (Å²) in [5.74, 6) is -4.70. The summed E-state index contributed by atoms with van der Waals surface area (Å²) in [6, 6.07) is 4.25. The first-order valence-electron chi connectivity index (χ1n) is 5.49. The standard InChI is InChI=1S/C12H7F2N3O4/c13-9-6(4-5-15-11(9)14)12(19)16-10-7(17(20)21)2-1-3-8(10)18/h1-5,18H,(H,16,19). The molecule has 21 heavy (non-hydrogen) atoms. The number of benzene rings is 1. The van der Waals surface area contributed by atoms with Crippen LogP contribution in [-0.4, -0.2) is 20.9 Å². The molecular formula is C12H7F2N3O4. The molecule has 108 valence electrons. The van der Waals surface area contributed by atoms with Gasteiger partial charge in [-0.15, -0.1) is 0 Å². The Hall–Kier alpha value is -3.10. The summed E-state index contributed by atoms with van der Waals surface area (Å²) in [4.78, 5) is 24.8. The van der Waals surface area contributed by atoms with E-state index in [1.807, 2.05) is 5.32 Å². The number of aromatic nitrogens is 1. The van der Waals surface area contributed by atoms with Gasteiger partial charge >= 0.3 is 0 Å². The zero-order valence-electron chi connectivity index (χ0n) is 10.2. The largest absolute Gasteiger partial charge is 0.505 e. The van der Waals surface area contributed by atoms with E-state index in [0.717, 1.165) is 24.4 Å². The van der Waals surface area contributed by atoms with Gasteiger partial charge in [-0.25, -0.2) is 9.37 Å². The number of phenols is 1. The van der Waals surface area contributed by atoms with Crippen molar-refractivity contribution >= 4 is 17.3 Å². The number of nitro groups is 1. The number of rotatable bonds is 3. The zero-order valence-corrected chi connectivity index (χ0v) is 10.2. The van der Waals surface area contributed by atoms with Crippen LogP contribution in [0.3, 0.4) is 0 Å². The third-order valence-electron chi connectivity index (χ3n) is 2.55. The minimum absolute atomic E-state index is 0.510. The topological polar surface area (TPSA) is 105 Å². The number of aromatic hydroxyl groups is 1. The summed E-state index contributed by atoms with van der Waals surface area (Å²) in [7, 11) is 0. The first-order chi connectivity index (χ1) is 9.91. The molecule has 1 heterocycles. The molecule has 1 aromatic carbocycles. The Bertz CT molecular complexity index is 736. The molecular weight excluding hydrogens is 288 g/mol. The highest BCUT2D eigenvalue weighted by atomic mass is 19.2. The van der Waals surface area contributed by atoms with Crippen LogP contribution in [0.2, 0.25) is 0 Å². The fourth-order valence-electron chi connectivity index (χ4n) is 1.58. The number of nitrogens with one attached hydrogen (secondary N) is 1. The second kappa shape index (κ2) is 5.49. The highest BCUT2D eigenvalue weighted by Crippen LogP contribution is 2.33. The van der Waals surface area contributed by atoms with Gasteiger partial charge in [-0.1, -0.05) is 6.07 Å². The second-order valence-electron chi connectivity index (χ2n) is 3.85. The lowest BCUT2D eigenvalue weighted by Gasteiger charge is -2.08. The van der Waals surface area contributed by atoms with Gasteiger partial charge in [0.05, 0.1) is 10.5 Å². The SMILES string of the molecule is O=C(Nc1c(O)cccc1[N+](=O)[O-])c1ccnc(F)c1F. The third-order valence-corrected chi connectivity index (χ3v) is 2.55. The first-order valence-corrected chi connectivity index (χ1v) is 5.49. The van der Waals surface area contributed by atoms with Gasteiger partial charge in [0.25, 0.3) is 11.6 Å². The number of nitrogens with zero attached hydrogens (tertiary/aromatic N) is 2. The molecule has 0 unspecified atom stereocenters. The van der Waals surface area contributed by atoms with Gasteiger partial charge in [0.2, 0.25) is 5.95 Å². The molecule has 9 heteroatoms. The fourth-order valence-corrected chi connectivity index (χ4v) is 1.58. The molecule has 0 bridgehead atoms. The van der Waals surface area contributed by atoms with Gasteiger partial charge < -0.3 is 10.4 Å². The van der Waals surface area contributed by atoms with Crippen molar-refractivity contribution in [3.8, 4) is 5.75 Å². The van der Waals surface area contributed by atoms with Crippen molar-refractivity contribution in [1.82, 2.24) is 4.98 Å². The van der Waals surface area contributed by atoms with Gasteiger partial charge in [-0.3, -0.25) is 14.9 Å². The van der Waals surface area contributed by atoms with Gasteiger partial charge in [0, 0.05) is 12.3 Å². The Morgan fingerprint density at radius 2 is 2.05 bits per heavy atom. The summed E-state index contributed by atoms with van der Waals surface area (Å²) >= 11 is 0. The average molecular weight is 295 g/mol. The molecule has 1 amide bonds. The lowest BCUT2D eigenvalue weighted by molar-refractivity contribution is -0.384. The molecule has 0 radical (unpaired) electrons. The summed E-state index contributed by atoms with van der Waals surface area (Å²) < 4.78 is 26.4. The molecule has 0 aliphatic rings. The van der Waals surface area contributed by atoms with E-state index in [2.05, 4.69) is 4.98 Å². The minimum Gasteiger partial charge on any atom is -0.505 e. The van der Waals surface area contributed by atoms with E-state index in [1.165, 1.54) is 6.07 Å². The molecule has 0 saturated heterocycles. The number of carbonyl (C=O) groups is 1. The van der Waals surface area contributed by atoms with Crippen molar-refractivity contribution in [2.75, 3.05) is 5.32 Å². The number of nitro benzene ring substituents is 1. The maximum Gasteiger partial charge on any atom is 0.296 e. The van der Waals surface area contributed by atoms with E-state index < -0.39 is 45.3 Å². The lowest BCUT2D eigenvalue weighted by atomic mass is 10.2. The Labute approximate surface area is 116 Å². The number of halogens is 2. The smallest absolute Gasteiger partial charge is 0.296 e. The zero-order chi connectivity index (χ0) is 15.6. The normalized spacial score (nSPS) is 10.2. The number of amides is 1. The molecule has 0 fully saturated rings. The van der Waals surface area contributed by atoms with E-state index in [9.17, 15) is 28.8 Å². The number of hydrogen-bond acceptors (Lipinski definition) is 5. The van der Waals surface area contributed by atoms with Crippen molar-refractivity contribution in [3.05, 3.63) is 57.9 Å². The third kappa shape index (κ3) is 2.76. The number of anilines is 1. The molecule has 2 aromatic rings. The van der Waals surface area contributed by atoms with Crippen LogP contribution in [0, 0.1) is 21.9 Å². The van der Waals surface area contributed by atoms with Crippen LogP contribution in [0.5, 0.6) is 5.75 Å². The van der Waals surface area contributed by atoms with Gasteiger partial charge in [-0.2, -0.15) is 4.39 Å². The second-order valence-corrected chi connectivity index (χ2v) is 3.85. The average Bonchev–Trinajstić information content (AvgIpc) is 2.43. The van der Waals surface area contributed by atoms with Crippen molar-refractivity contribution in [2.45, 2.75) is 0 Å².